The zero-order valence-corrected chi connectivity index (χ0v) is 16.1. The van der Waals surface area contributed by atoms with Crippen molar-refractivity contribution in [2.45, 2.75) is 46.1 Å². The van der Waals surface area contributed by atoms with Crippen LogP contribution in [-0.2, 0) is 28.0 Å². The number of carbonyl (C=O) groups is 1. The fraction of sp³-hybridized carbons (Fsp3) is 0.444. The monoisotopic (exact) mass is 378 g/mol. The SMILES string of the molecule is CCOc1ccc([N+](=O)[O-])cc1COC(=O)Cc1csc(C(C)(C)C)n1. The molecule has 0 N–H and O–H groups in total. The predicted octanol–water partition coefficient (Wildman–Crippen LogP) is 4.03. The summed E-state index contributed by atoms with van der Waals surface area (Å²) in [5.41, 5.74) is 0.980. The minimum atomic E-state index is -0.496. The third-order valence-corrected chi connectivity index (χ3v) is 4.78. The van der Waals surface area contributed by atoms with Crippen molar-refractivity contribution in [1.29, 1.82) is 0 Å². The van der Waals surface area contributed by atoms with Crippen LogP contribution < -0.4 is 4.74 Å². The molecule has 0 saturated carbocycles. The van der Waals surface area contributed by atoms with Crippen LogP contribution in [0, 0.1) is 10.1 Å². The number of non-ortho nitro benzene ring substituents is 1. The second-order valence-corrected chi connectivity index (χ2v) is 7.57. The maximum Gasteiger partial charge on any atom is 0.312 e. The van der Waals surface area contributed by atoms with Gasteiger partial charge in [-0.15, -0.1) is 11.3 Å². The fourth-order valence-corrected chi connectivity index (χ4v) is 3.09. The summed E-state index contributed by atoms with van der Waals surface area (Å²) in [5, 5.41) is 13.7. The van der Waals surface area contributed by atoms with E-state index in [1.165, 1.54) is 29.5 Å². The highest BCUT2D eigenvalue weighted by Crippen LogP contribution is 2.27. The Morgan fingerprint density at radius 2 is 2.08 bits per heavy atom. The van der Waals surface area contributed by atoms with Crippen LogP contribution >= 0.6 is 11.3 Å². The molecule has 0 bridgehead atoms. The van der Waals surface area contributed by atoms with Crippen LogP contribution in [0.3, 0.4) is 0 Å². The van der Waals surface area contributed by atoms with Gasteiger partial charge in [0.05, 0.1) is 28.7 Å². The molecule has 8 heteroatoms. The van der Waals surface area contributed by atoms with Crippen molar-refractivity contribution in [2.75, 3.05) is 6.61 Å². The normalized spacial score (nSPS) is 11.2. The van der Waals surface area contributed by atoms with Gasteiger partial charge in [0.15, 0.2) is 0 Å². The van der Waals surface area contributed by atoms with E-state index in [-0.39, 0.29) is 24.1 Å². The van der Waals surface area contributed by atoms with E-state index in [9.17, 15) is 14.9 Å². The number of hydrogen-bond acceptors (Lipinski definition) is 7. The average Bonchev–Trinajstić information content (AvgIpc) is 3.02. The zero-order chi connectivity index (χ0) is 19.3. The lowest BCUT2D eigenvalue weighted by Gasteiger charge is -2.13. The van der Waals surface area contributed by atoms with E-state index in [4.69, 9.17) is 9.47 Å². The van der Waals surface area contributed by atoms with E-state index in [0.717, 1.165) is 5.01 Å². The Kier molecular flexibility index (Phi) is 6.31. The Balaban J connectivity index is 2.03. The van der Waals surface area contributed by atoms with Gasteiger partial charge in [-0.2, -0.15) is 0 Å². The number of thiazole rings is 1. The molecule has 0 unspecified atom stereocenters. The number of benzene rings is 1. The van der Waals surface area contributed by atoms with Crippen molar-refractivity contribution in [2.24, 2.45) is 0 Å². The molecule has 140 valence electrons. The van der Waals surface area contributed by atoms with Crippen molar-refractivity contribution in [3.63, 3.8) is 0 Å². The van der Waals surface area contributed by atoms with Gasteiger partial charge in [-0.05, 0) is 13.0 Å². The minimum absolute atomic E-state index is 0.0610. The summed E-state index contributed by atoms with van der Waals surface area (Å²) in [6.07, 6.45) is 0.0610. The minimum Gasteiger partial charge on any atom is -0.493 e. The number of esters is 1. The largest absolute Gasteiger partial charge is 0.493 e. The van der Waals surface area contributed by atoms with Gasteiger partial charge in [-0.1, -0.05) is 20.8 Å². The number of nitro benzene ring substituents is 1. The number of aromatic nitrogens is 1. The summed E-state index contributed by atoms with van der Waals surface area (Å²) in [5.74, 6) is 0.0271. The number of hydrogen-bond donors (Lipinski definition) is 0. The van der Waals surface area contributed by atoms with Gasteiger partial charge in [0.2, 0.25) is 0 Å². The molecule has 26 heavy (non-hydrogen) atoms. The highest BCUT2D eigenvalue weighted by atomic mass is 32.1. The average molecular weight is 378 g/mol. The molecule has 0 atom stereocenters. The number of nitrogens with zero attached hydrogens (tertiary/aromatic N) is 2. The first-order valence-corrected chi connectivity index (χ1v) is 9.09. The van der Waals surface area contributed by atoms with E-state index >= 15 is 0 Å². The zero-order valence-electron chi connectivity index (χ0n) is 15.3. The number of rotatable bonds is 7. The first-order valence-electron chi connectivity index (χ1n) is 8.21. The molecular formula is C18H22N2O5S. The summed E-state index contributed by atoms with van der Waals surface area (Å²) in [6, 6.07) is 4.24. The molecule has 0 aliphatic carbocycles. The molecule has 1 heterocycles. The van der Waals surface area contributed by atoms with E-state index in [1.54, 1.807) is 0 Å². The van der Waals surface area contributed by atoms with Crippen LogP contribution in [0.4, 0.5) is 5.69 Å². The molecule has 1 aromatic carbocycles. The summed E-state index contributed by atoms with van der Waals surface area (Å²) in [7, 11) is 0. The van der Waals surface area contributed by atoms with Crippen LogP contribution in [0.2, 0.25) is 0 Å². The molecule has 2 rings (SSSR count). The maximum atomic E-state index is 12.1. The van der Waals surface area contributed by atoms with E-state index in [0.29, 0.717) is 23.6 Å². The Morgan fingerprint density at radius 1 is 1.35 bits per heavy atom. The van der Waals surface area contributed by atoms with Crippen molar-refractivity contribution < 1.29 is 19.2 Å². The Labute approximate surface area is 156 Å². The molecule has 0 amide bonds. The maximum absolute atomic E-state index is 12.1. The highest BCUT2D eigenvalue weighted by Gasteiger charge is 2.19. The topological polar surface area (TPSA) is 91.6 Å². The predicted molar refractivity (Wildman–Crippen MR) is 98.6 cm³/mol. The van der Waals surface area contributed by atoms with Crippen molar-refractivity contribution in [1.82, 2.24) is 4.98 Å². The van der Waals surface area contributed by atoms with Crippen LogP contribution in [0.5, 0.6) is 5.75 Å². The standard InChI is InChI=1S/C18H22N2O5S/c1-5-24-15-7-6-14(20(22)23)8-12(15)10-25-16(21)9-13-11-26-17(19-13)18(2,3)4/h6-8,11H,5,9-10H2,1-4H3. The number of nitro groups is 1. The lowest BCUT2D eigenvalue weighted by Crippen LogP contribution is -2.12. The third-order valence-electron chi connectivity index (χ3n) is 3.46. The molecule has 7 nitrogen and oxygen atoms in total. The Bertz CT molecular complexity index is 795. The van der Waals surface area contributed by atoms with Gasteiger partial charge >= 0.3 is 5.97 Å². The van der Waals surface area contributed by atoms with Crippen molar-refractivity contribution in [3.8, 4) is 5.75 Å². The van der Waals surface area contributed by atoms with Crippen molar-refractivity contribution >= 4 is 23.0 Å². The van der Waals surface area contributed by atoms with Gasteiger partial charge in [0.25, 0.3) is 5.69 Å². The summed E-state index contributed by atoms with van der Waals surface area (Å²) in [4.78, 5) is 27.0. The summed E-state index contributed by atoms with van der Waals surface area (Å²) >= 11 is 1.51. The van der Waals surface area contributed by atoms with Gasteiger partial charge in [0.1, 0.15) is 12.4 Å². The van der Waals surface area contributed by atoms with Gasteiger partial charge in [-0.25, -0.2) is 4.98 Å². The van der Waals surface area contributed by atoms with E-state index in [1.807, 2.05) is 12.3 Å². The van der Waals surface area contributed by atoms with Crippen LogP contribution in [0.15, 0.2) is 23.6 Å². The summed E-state index contributed by atoms with van der Waals surface area (Å²) < 4.78 is 10.7. The number of carbonyl (C=O) groups excluding carboxylic acids is 1. The third kappa shape index (κ3) is 5.26. The lowest BCUT2D eigenvalue weighted by atomic mass is 9.98. The highest BCUT2D eigenvalue weighted by molar-refractivity contribution is 7.09. The molecule has 0 aliphatic rings. The molecule has 1 aromatic heterocycles. The molecule has 0 aliphatic heterocycles. The molecule has 0 fully saturated rings. The molecular weight excluding hydrogens is 356 g/mol. The van der Waals surface area contributed by atoms with Gasteiger partial charge < -0.3 is 9.47 Å². The molecule has 0 spiro atoms. The van der Waals surface area contributed by atoms with E-state index < -0.39 is 10.9 Å². The molecule has 0 radical (unpaired) electrons. The van der Waals surface area contributed by atoms with Crippen LogP contribution in [0.25, 0.3) is 0 Å². The quantitative estimate of drug-likeness (QED) is 0.410. The smallest absolute Gasteiger partial charge is 0.312 e. The first kappa shape index (κ1) is 19.8. The summed E-state index contributed by atoms with van der Waals surface area (Å²) in [6.45, 7) is 8.31. The Morgan fingerprint density at radius 3 is 2.65 bits per heavy atom. The molecule has 2 aromatic rings. The van der Waals surface area contributed by atoms with Crippen molar-refractivity contribution in [3.05, 3.63) is 50.0 Å². The van der Waals surface area contributed by atoms with Crippen LogP contribution in [-0.4, -0.2) is 22.5 Å². The first-order chi connectivity index (χ1) is 12.2. The Hall–Kier alpha value is -2.48. The second-order valence-electron chi connectivity index (χ2n) is 6.71. The number of ether oxygens (including phenoxy) is 2. The molecule has 0 saturated heterocycles. The fourth-order valence-electron chi connectivity index (χ4n) is 2.18. The van der Waals surface area contributed by atoms with E-state index in [2.05, 4.69) is 25.8 Å². The van der Waals surface area contributed by atoms with Gasteiger partial charge in [0, 0.05) is 28.5 Å². The van der Waals surface area contributed by atoms with Gasteiger partial charge in [-0.3, -0.25) is 14.9 Å². The second kappa shape index (κ2) is 8.27. The van der Waals surface area contributed by atoms with Crippen LogP contribution in [0.1, 0.15) is 44.0 Å². The lowest BCUT2D eigenvalue weighted by molar-refractivity contribution is -0.385.